The summed E-state index contributed by atoms with van der Waals surface area (Å²) in [4.78, 5) is 0. The summed E-state index contributed by atoms with van der Waals surface area (Å²) in [5.41, 5.74) is 0. The van der Waals surface area contributed by atoms with Gasteiger partial charge in [-0.05, 0) is 6.92 Å². The van der Waals surface area contributed by atoms with E-state index in [1.807, 2.05) is 0 Å². The van der Waals surface area contributed by atoms with Crippen molar-refractivity contribution in [3.8, 4) is 5.75 Å². The number of benzene rings is 2. The Bertz CT molecular complexity index is 494. The van der Waals surface area contributed by atoms with Gasteiger partial charge < -0.3 is 4.74 Å². The van der Waals surface area contributed by atoms with Crippen LogP contribution in [0.15, 0.2) is 30.3 Å². The van der Waals surface area contributed by atoms with Gasteiger partial charge in [0.1, 0.15) is 5.82 Å². The molecule has 0 saturated heterocycles. The highest BCUT2D eigenvalue weighted by molar-refractivity contribution is 5.89. The Morgan fingerprint density at radius 1 is 1.07 bits per heavy atom. The molecule has 0 saturated carbocycles. The second kappa shape index (κ2) is 3.85. The smallest absolute Gasteiger partial charge is 0.168 e. The summed E-state index contributed by atoms with van der Waals surface area (Å²) in [6.07, 6.45) is 0. The van der Waals surface area contributed by atoms with E-state index in [9.17, 15) is 8.78 Å². The molecule has 0 atom stereocenters. The van der Waals surface area contributed by atoms with Crippen LogP contribution < -0.4 is 4.74 Å². The summed E-state index contributed by atoms with van der Waals surface area (Å²) in [6, 6.07) is 7.54. The molecule has 0 N–H and O–H groups in total. The predicted octanol–water partition coefficient (Wildman–Crippen LogP) is 3.52. The zero-order chi connectivity index (χ0) is 10.8. The van der Waals surface area contributed by atoms with Crippen molar-refractivity contribution in [1.29, 1.82) is 0 Å². The SMILES string of the molecule is CCOc1c(F)cc(F)c2ccccc12. The van der Waals surface area contributed by atoms with Crippen LogP contribution in [0.4, 0.5) is 8.78 Å². The number of hydrogen-bond acceptors (Lipinski definition) is 1. The fourth-order valence-corrected chi connectivity index (χ4v) is 1.56. The number of hydrogen-bond donors (Lipinski definition) is 0. The summed E-state index contributed by atoms with van der Waals surface area (Å²) < 4.78 is 31.9. The van der Waals surface area contributed by atoms with E-state index in [1.165, 1.54) is 0 Å². The second-order valence-corrected chi connectivity index (χ2v) is 3.15. The quantitative estimate of drug-likeness (QED) is 0.733. The number of rotatable bonds is 2. The van der Waals surface area contributed by atoms with Gasteiger partial charge >= 0.3 is 0 Å². The molecule has 0 aliphatic heterocycles. The molecule has 0 aromatic heterocycles. The van der Waals surface area contributed by atoms with Crippen LogP contribution in [0, 0.1) is 11.6 Å². The minimum absolute atomic E-state index is 0.120. The molecular weight excluding hydrogens is 198 g/mol. The van der Waals surface area contributed by atoms with E-state index in [2.05, 4.69) is 0 Å². The first kappa shape index (κ1) is 9.90. The number of ether oxygens (including phenoxy) is 1. The first-order valence-electron chi connectivity index (χ1n) is 4.73. The van der Waals surface area contributed by atoms with Crippen molar-refractivity contribution in [1.82, 2.24) is 0 Å². The van der Waals surface area contributed by atoms with Crippen LogP contribution in [0.2, 0.25) is 0 Å². The van der Waals surface area contributed by atoms with Crippen LogP contribution in [0.5, 0.6) is 5.75 Å². The van der Waals surface area contributed by atoms with Crippen molar-refractivity contribution >= 4 is 10.8 Å². The summed E-state index contributed by atoms with van der Waals surface area (Å²) >= 11 is 0. The average Bonchev–Trinajstić information content (AvgIpc) is 2.24. The Balaban J connectivity index is 2.77. The Labute approximate surface area is 86.3 Å². The lowest BCUT2D eigenvalue weighted by Crippen LogP contribution is -1.97. The maximum atomic E-state index is 13.4. The van der Waals surface area contributed by atoms with Crippen molar-refractivity contribution in [2.24, 2.45) is 0 Å². The molecule has 0 radical (unpaired) electrons. The topological polar surface area (TPSA) is 9.23 Å². The molecule has 3 heteroatoms. The van der Waals surface area contributed by atoms with Gasteiger partial charge in [-0.3, -0.25) is 0 Å². The molecule has 15 heavy (non-hydrogen) atoms. The van der Waals surface area contributed by atoms with Gasteiger partial charge in [0.05, 0.1) is 6.61 Å². The molecule has 0 unspecified atom stereocenters. The number of fused-ring (bicyclic) bond motifs is 1. The van der Waals surface area contributed by atoms with E-state index in [-0.39, 0.29) is 5.75 Å². The van der Waals surface area contributed by atoms with Gasteiger partial charge in [0.15, 0.2) is 11.6 Å². The Kier molecular flexibility index (Phi) is 2.54. The molecular formula is C12H10F2O. The summed E-state index contributed by atoms with van der Waals surface area (Å²) in [5.74, 6) is -1.10. The first-order valence-corrected chi connectivity index (χ1v) is 4.73. The predicted molar refractivity (Wildman–Crippen MR) is 55.0 cm³/mol. The lowest BCUT2D eigenvalue weighted by molar-refractivity contribution is 0.325. The Morgan fingerprint density at radius 2 is 1.73 bits per heavy atom. The van der Waals surface area contributed by atoms with Gasteiger partial charge in [-0.1, -0.05) is 24.3 Å². The van der Waals surface area contributed by atoms with Gasteiger partial charge in [-0.2, -0.15) is 0 Å². The van der Waals surface area contributed by atoms with E-state index < -0.39 is 11.6 Å². The first-order chi connectivity index (χ1) is 7.24. The second-order valence-electron chi connectivity index (χ2n) is 3.15. The molecule has 1 nitrogen and oxygen atoms in total. The van der Waals surface area contributed by atoms with Crippen LogP contribution >= 0.6 is 0 Å². The molecule has 2 aromatic carbocycles. The van der Waals surface area contributed by atoms with Crippen LogP contribution in [-0.4, -0.2) is 6.61 Å². The standard InChI is InChI=1S/C12H10F2O/c1-2-15-12-9-6-4-3-5-8(9)10(13)7-11(12)14/h3-7H,2H2,1H3. The average molecular weight is 208 g/mol. The summed E-state index contributed by atoms with van der Waals surface area (Å²) in [6.45, 7) is 2.12. The molecule has 78 valence electrons. The van der Waals surface area contributed by atoms with E-state index in [0.29, 0.717) is 17.4 Å². The molecule has 0 aliphatic carbocycles. The van der Waals surface area contributed by atoms with Crippen molar-refractivity contribution in [2.75, 3.05) is 6.61 Å². The number of halogens is 2. The highest BCUT2D eigenvalue weighted by Crippen LogP contribution is 2.30. The Hall–Kier alpha value is -1.64. The van der Waals surface area contributed by atoms with E-state index in [4.69, 9.17) is 4.74 Å². The van der Waals surface area contributed by atoms with Gasteiger partial charge in [0.2, 0.25) is 0 Å². The van der Waals surface area contributed by atoms with Gasteiger partial charge in [0.25, 0.3) is 0 Å². The third-order valence-electron chi connectivity index (χ3n) is 2.19. The maximum absolute atomic E-state index is 13.4. The Morgan fingerprint density at radius 3 is 2.40 bits per heavy atom. The van der Waals surface area contributed by atoms with Crippen LogP contribution in [0.25, 0.3) is 10.8 Å². The fraction of sp³-hybridized carbons (Fsp3) is 0.167. The van der Waals surface area contributed by atoms with Crippen molar-refractivity contribution < 1.29 is 13.5 Å². The summed E-state index contributed by atoms with van der Waals surface area (Å²) in [5, 5.41) is 0.846. The third-order valence-corrected chi connectivity index (χ3v) is 2.19. The zero-order valence-electron chi connectivity index (χ0n) is 8.26. The monoisotopic (exact) mass is 208 g/mol. The molecule has 2 aromatic rings. The highest BCUT2D eigenvalue weighted by atomic mass is 19.1. The maximum Gasteiger partial charge on any atom is 0.168 e. The minimum Gasteiger partial charge on any atom is -0.490 e. The van der Waals surface area contributed by atoms with E-state index >= 15 is 0 Å². The molecule has 0 fully saturated rings. The van der Waals surface area contributed by atoms with Gasteiger partial charge in [-0.15, -0.1) is 0 Å². The largest absolute Gasteiger partial charge is 0.490 e. The highest BCUT2D eigenvalue weighted by Gasteiger charge is 2.12. The minimum atomic E-state index is -0.659. The van der Waals surface area contributed by atoms with Crippen molar-refractivity contribution in [2.45, 2.75) is 6.92 Å². The van der Waals surface area contributed by atoms with E-state index in [0.717, 1.165) is 6.07 Å². The van der Waals surface area contributed by atoms with Crippen LogP contribution in [0.3, 0.4) is 0 Å². The molecule has 2 rings (SSSR count). The zero-order valence-corrected chi connectivity index (χ0v) is 8.26. The van der Waals surface area contributed by atoms with Crippen molar-refractivity contribution in [3.63, 3.8) is 0 Å². The molecule has 0 bridgehead atoms. The van der Waals surface area contributed by atoms with Crippen LogP contribution in [-0.2, 0) is 0 Å². The summed E-state index contributed by atoms with van der Waals surface area (Å²) in [7, 11) is 0. The molecule has 0 spiro atoms. The van der Waals surface area contributed by atoms with Crippen molar-refractivity contribution in [3.05, 3.63) is 42.0 Å². The van der Waals surface area contributed by atoms with E-state index in [1.54, 1.807) is 31.2 Å². The third kappa shape index (κ3) is 1.65. The van der Waals surface area contributed by atoms with Crippen LogP contribution in [0.1, 0.15) is 6.92 Å². The van der Waals surface area contributed by atoms with Gasteiger partial charge in [-0.25, -0.2) is 8.78 Å². The fourth-order valence-electron chi connectivity index (χ4n) is 1.56. The normalized spacial score (nSPS) is 10.6. The van der Waals surface area contributed by atoms with Gasteiger partial charge in [0, 0.05) is 16.8 Å². The lowest BCUT2D eigenvalue weighted by atomic mass is 10.1. The lowest BCUT2D eigenvalue weighted by Gasteiger charge is -2.09. The molecule has 0 amide bonds. The molecule has 0 heterocycles. The molecule has 0 aliphatic rings.